The highest BCUT2D eigenvalue weighted by Gasteiger charge is 2.46. The van der Waals surface area contributed by atoms with Crippen LogP contribution >= 0.6 is 11.3 Å². The monoisotopic (exact) mass is 747 g/mol. The first kappa shape index (κ1) is 42.8. The van der Waals surface area contributed by atoms with Crippen LogP contribution in [0.1, 0.15) is 87.5 Å². The Morgan fingerprint density at radius 2 is 1.44 bits per heavy atom. The number of likely N-dealkylation sites (tertiary alicyclic amines) is 2. The van der Waals surface area contributed by atoms with Crippen molar-refractivity contribution in [1.82, 2.24) is 29.9 Å². The van der Waals surface area contributed by atoms with Gasteiger partial charge in [0, 0.05) is 31.7 Å². The fourth-order valence-electron chi connectivity index (χ4n) is 7.34. The van der Waals surface area contributed by atoms with E-state index in [1.807, 2.05) is 74.4 Å². The lowest BCUT2D eigenvalue weighted by molar-refractivity contribution is -0.162. The number of aromatic nitrogens is 1. The Labute approximate surface area is 313 Å². The van der Waals surface area contributed by atoms with Gasteiger partial charge in [-0.2, -0.15) is 0 Å². The van der Waals surface area contributed by atoms with Crippen molar-refractivity contribution in [2.45, 2.75) is 124 Å². The second kappa shape index (κ2) is 18.9. The molecular weight excluding hydrogens is 687 g/mol. The molecular formula is C37H61N7O7S. The average molecular weight is 748 g/mol. The predicted octanol–water partition coefficient (Wildman–Crippen LogP) is 3.23. The molecule has 2 aliphatic heterocycles. The summed E-state index contributed by atoms with van der Waals surface area (Å²) in [6.45, 7) is 15.8. The molecule has 2 saturated heterocycles. The first-order valence-electron chi connectivity index (χ1n) is 18.6. The molecule has 2 fully saturated rings. The number of thiazole rings is 1. The summed E-state index contributed by atoms with van der Waals surface area (Å²) in [5.41, 5.74) is 0. The van der Waals surface area contributed by atoms with Gasteiger partial charge in [-0.1, -0.05) is 55.4 Å². The lowest BCUT2D eigenvalue weighted by atomic mass is 9.96. The quantitative estimate of drug-likeness (QED) is 0.242. The zero-order chi connectivity index (χ0) is 39.0. The standard InChI is InChI=1S/C37H61N7O7S/c1-21(2)27(20-28(45)39-37-38-16-19-52-37)51-36(50)26-15-13-18-44(26)33(47)25-14-12-17-43(25)35(49)31(24(7)8)42(11)34(48)29(22(3)4)40-32(46)30(23(5)6)41(9)10/h16,19,21-27,29-31H,12-15,17-18,20H2,1-11H3,(H,40,46)(H,38,39,45). The van der Waals surface area contributed by atoms with Gasteiger partial charge >= 0.3 is 5.97 Å². The third-order valence-corrected chi connectivity index (χ3v) is 10.7. The molecule has 5 amide bonds. The molecule has 6 atom stereocenters. The molecule has 2 N–H and O–H groups in total. The summed E-state index contributed by atoms with van der Waals surface area (Å²) < 4.78 is 5.87. The summed E-state index contributed by atoms with van der Waals surface area (Å²) >= 11 is 1.29. The molecule has 52 heavy (non-hydrogen) atoms. The van der Waals surface area contributed by atoms with Gasteiger partial charge in [0.25, 0.3) is 0 Å². The Morgan fingerprint density at radius 1 is 0.846 bits per heavy atom. The molecule has 1 aromatic rings. The lowest BCUT2D eigenvalue weighted by Crippen LogP contribution is -2.61. The number of anilines is 1. The van der Waals surface area contributed by atoms with Crippen LogP contribution in [0.25, 0.3) is 0 Å². The molecule has 2 aliphatic rings. The van der Waals surface area contributed by atoms with Gasteiger partial charge < -0.3 is 30.1 Å². The van der Waals surface area contributed by atoms with Gasteiger partial charge in [-0.3, -0.25) is 28.9 Å². The van der Waals surface area contributed by atoms with E-state index in [9.17, 15) is 28.8 Å². The Balaban J connectivity index is 1.74. The van der Waals surface area contributed by atoms with Crippen molar-refractivity contribution >= 4 is 52.0 Å². The van der Waals surface area contributed by atoms with Gasteiger partial charge in [-0.25, -0.2) is 9.78 Å². The second-order valence-electron chi connectivity index (χ2n) is 15.7. The molecule has 0 saturated carbocycles. The largest absolute Gasteiger partial charge is 0.460 e. The van der Waals surface area contributed by atoms with Crippen molar-refractivity contribution in [1.29, 1.82) is 0 Å². The van der Waals surface area contributed by atoms with E-state index in [-0.39, 0.29) is 59.6 Å². The van der Waals surface area contributed by atoms with Crippen LogP contribution in [0.2, 0.25) is 0 Å². The summed E-state index contributed by atoms with van der Waals surface area (Å²) in [6, 6.07) is -3.79. The van der Waals surface area contributed by atoms with Crippen LogP contribution in [0.5, 0.6) is 0 Å². The molecule has 0 bridgehead atoms. The summed E-state index contributed by atoms with van der Waals surface area (Å²) in [4.78, 5) is 92.5. The molecule has 1 aromatic heterocycles. The number of nitrogens with zero attached hydrogens (tertiary/aromatic N) is 5. The van der Waals surface area contributed by atoms with Gasteiger partial charge in [-0.15, -0.1) is 11.3 Å². The Bertz CT molecular complexity index is 1390. The number of esters is 1. The number of hydrogen-bond acceptors (Lipinski definition) is 10. The van der Waals surface area contributed by atoms with E-state index in [1.165, 1.54) is 21.1 Å². The lowest BCUT2D eigenvalue weighted by Gasteiger charge is -2.38. The van der Waals surface area contributed by atoms with E-state index in [0.29, 0.717) is 43.9 Å². The highest BCUT2D eigenvalue weighted by molar-refractivity contribution is 7.13. The van der Waals surface area contributed by atoms with Crippen LogP contribution < -0.4 is 10.6 Å². The van der Waals surface area contributed by atoms with Crippen molar-refractivity contribution in [2.24, 2.45) is 23.7 Å². The molecule has 3 heterocycles. The topological polar surface area (TPSA) is 162 Å². The van der Waals surface area contributed by atoms with Gasteiger partial charge in [0.1, 0.15) is 30.3 Å². The molecule has 0 aliphatic carbocycles. The number of carbonyl (C=O) groups excluding carboxylic acids is 6. The molecule has 15 heteroatoms. The molecule has 0 aromatic carbocycles. The summed E-state index contributed by atoms with van der Waals surface area (Å²) in [5.74, 6) is -2.84. The Hall–Kier alpha value is -3.59. The molecule has 3 rings (SSSR count). The zero-order valence-corrected chi connectivity index (χ0v) is 33.7. The first-order valence-corrected chi connectivity index (χ1v) is 19.5. The molecule has 0 radical (unpaired) electrons. The number of carbonyl (C=O) groups is 6. The van der Waals surface area contributed by atoms with E-state index < -0.39 is 42.3 Å². The maximum absolute atomic E-state index is 14.4. The fourth-order valence-corrected chi connectivity index (χ4v) is 7.89. The van der Waals surface area contributed by atoms with Crippen LogP contribution in [0.4, 0.5) is 5.13 Å². The third-order valence-electron chi connectivity index (χ3n) is 10.0. The minimum atomic E-state index is -0.879. The maximum Gasteiger partial charge on any atom is 0.329 e. The Morgan fingerprint density at radius 3 is 1.96 bits per heavy atom. The van der Waals surface area contributed by atoms with Crippen LogP contribution in [0.15, 0.2) is 11.6 Å². The van der Waals surface area contributed by atoms with Crippen molar-refractivity contribution in [3.05, 3.63) is 11.6 Å². The SMILES string of the molecule is CC(C)C(CC(=O)Nc1nccs1)OC(=O)C1CCCN1C(=O)C1CCCN1C(=O)C(C(C)C)N(C)C(=O)C(NC(=O)C(C(C)C)N(C)C)C(C)C. The van der Waals surface area contributed by atoms with Gasteiger partial charge in [-0.05, 0) is 63.5 Å². The molecule has 6 unspecified atom stereocenters. The Kier molecular flexibility index (Phi) is 15.6. The number of ether oxygens (including phenoxy) is 1. The zero-order valence-electron chi connectivity index (χ0n) is 32.9. The van der Waals surface area contributed by atoms with E-state index in [4.69, 9.17) is 4.74 Å². The predicted molar refractivity (Wildman–Crippen MR) is 200 cm³/mol. The van der Waals surface area contributed by atoms with E-state index in [1.54, 1.807) is 23.5 Å². The van der Waals surface area contributed by atoms with E-state index >= 15 is 0 Å². The van der Waals surface area contributed by atoms with Gasteiger partial charge in [0.15, 0.2) is 5.13 Å². The number of likely N-dealkylation sites (N-methyl/N-ethyl adjacent to an activating group) is 2. The van der Waals surface area contributed by atoms with Crippen molar-refractivity contribution in [3.63, 3.8) is 0 Å². The maximum atomic E-state index is 14.4. The van der Waals surface area contributed by atoms with Crippen molar-refractivity contribution in [3.8, 4) is 0 Å². The summed E-state index contributed by atoms with van der Waals surface area (Å²) in [5, 5.41) is 7.89. The van der Waals surface area contributed by atoms with Crippen LogP contribution in [0.3, 0.4) is 0 Å². The number of nitrogens with one attached hydrogen (secondary N) is 2. The van der Waals surface area contributed by atoms with E-state index in [0.717, 1.165) is 0 Å². The van der Waals surface area contributed by atoms with Crippen LogP contribution in [-0.4, -0.2) is 131 Å². The highest BCUT2D eigenvalue weighted by atomic mass is 32.1. The first-order chi connectivity index (χ1) is 24.4. The van der Waals surface area contributed by atoms with Crippen LogP contribution in [0, 0.1) is 23.7 Å². The van der Waals surface area contributed by atoms with Gasteiger partial charge in [0.05, 0.1) is 12.5 Å². The summed E-state index contributed by atoms with van der Waals surface area (Å²) in [7, 11) is 5.23. The van der Waals surface area contributed by atoms with E-state index in [2.05, 4.69) is 15.6 Å². The smallest absolute Gasteiger partial charge is 0.329 e. The molecule has 14 nitrogen and oxygen atoms in total. The average Bonchev–Trinajstić information content (AvgIpc) is 3.84. The summed E-state index contributed by atoms with van der Waals surface area (Å²) in [6.07, 6.45) is 2.89. The van der Waals surface area contributed by atoms with Gasteiger partial charge in [0.2, 0.25) is 29.5 Å². The third kappa shape index (κ3) is 10.5. The van der Waals surface area contributed by atoms with Crippen molar-refractivity contribution < 1.29 is 33.5 Å². The number of rotatable bonds is 16. The highest BCUT2D eigenvalue weighted by Crippen LogP contribution is 2.29. The molecule has 0 spiro atoms. The van der Waals surface area contributed by atoms with Crippen molar-refractivity contribution in [2.75, 3.05) is 39.5 Å². The number of hydrogen-bond donors (Lipinski definition) is 2. The normalized spacial score (nSPS) is 20.0. The minimum absolute atomic E-state index is 0.0137. The minimum Gasteiger partial charge on any atom is -0.460 e. The molecule has 292 valence electrons. The van der Waals surface area contributed by atoms with Crippen LogP contribution in [-0.2, 0) is 33.5 Å². The second-order valence-corrected chi connectivity index (χ2v) is 16.6. The number of amides is 5. The fraction of sp³-hybridized carbons (Fsp3) is 0.757.